The molecule has 12 heteroatoms. The minimum absolute atomic E-state index is 0.0142. The van der Waals surface area contributed by atoms with Gasteiger partial charge in [-0.25, -0.2) is 4.79 Å². The summed E-state index contributed by atoms with van der Waals surface area (Å²) >= 11 is 12.5. The lowest BCUT2D eigenvalue weighted by molar-refractivity contribution is -0.143. The molecule has 0 N–H and O–H groups in total. The van der Waals surface area contributed by atoms with Gasteiger partial charge in [0.2, 0.25) is 0 Å². The van der Waals surface area contributed by atoms with Crippen LogP contribution in [0, 0.1) is 0 Å². The average molecular weight is 532 g/mol. The summed E-state index contributed by atoms with van der Waals surface area (Å²) in [5, 5.41) is 0.120. The van der Waals surface area contributed by atoms with E-state index in [1.807, 2.05) is 0 Å². The number of carbonyl (C=O) groups excluding carboxylic acids is 2. The fourth-order valence-corrected chi connectivity index (χ4v) is 4.50. The Morgan fingerprint density at radius 3 is 2.62 bits per heavy atom. The smallest absolute Gasteiger partial charge is 0.416 e. The molecule has 1 aliphatic rings. The molecule has 0 radical (unpaired) electrons. The van der Waals surface area contributed by atoms with Crippen LogP contribution in [-0.2, 0) is 20.5 Å². The van der Waals surface area contributed by atoms with E-state index in [1.165, 1.54) is 31.4 Å². The first-order valence-electron chi connectivity index (χ1n) is 9.66. The van der Waals surface area contributed by atoms with Crippen LogP contribution in [-0.4, -0.2) is 36.5 Å². The van der Waals surface area contributed by atoms with Crippen molar-refractivity contribution in [2.24, 2.45) is 0 Å². The third kappa shape index (κ3) is 5.83. The van der Waals surface area contributed by atoms with E-state index in [-0.39, 0.29) is 44.6 Å². The Bertz CT molecular complexity index is 1170. The maximum atomic E-state index is 13.1. The number of benzene rings is 2. The third-order valence-corrected chi connectivity index (χ3v) is 6.00. The molecular formula is C22H17ClF3NO5S2. The van der Waals surface area contributed by atoms with Crippen LogP contribution in [0.5, 0.6) is 11.5 Å². The summed E-state index contributed by atoms with van der Waals surface area (Å²) in [7, 11) is 1.22. The van der Waals surface area contributed by atoms with E-state index >= 15 is 0 Å². The molecule has 1 amide bonds. The zero-order valence-corrected chi connectivity index (χ0v) is 20.2. The molecule has 180 valence electrons. The summed E-state index contributed by atoms with van der Waals surface area (Å²) in [5.41, 5.74) is -0.414. The number of ether oxygens (including phenoxy) is 3. The minimum Gasteiger partial charge on any atom is -0.490 e. The number of hydrogen-bond acceptors (Lipinski definition) is 7. The topological polar surface area (TPSA) is 65.1 Å². The van der Waals surface area contributed by atoms with E-state index in [9.17, 15) is 22.8 Å². The lowest BCUT2D eigenvalue weighted by Gasteiger charge is -2.16. The minimum atomic E-state index is -4.56. The fourth-order valence-electron chi connectivity index (χ4n) is 2.93. The second kappa shape index (κ2) is 10.7. The SMILES string of the molecule is CCOc1cc(/C=C2/SC(=S)N(c3cccc(C(F)(F)F)c3)C2=O)cc(Cl)c1OCC(=O)OC. The predicted molar refractivity (Wildman–Crippen MR) is 127 cm³/mol. The number of anilines is 1. The fraction of sp³-hybridized carbons (Fsp3) is 0.227. The standard InChI is InChI=1S/C22H17ClF3NO5S2/c1-3-31-16-8-12(7-15(23)19(16)32-11-18(28)30-2)9-17-20(29)27(21(33)34-17)14-6-4-5-13(10-14)22(24,25)26/h4-10H,3,11H2,1-2H3/b17-9+. The molecule has 0 bridgehead atoms. The molecule has 0 aromatic heterocycles. The Balaban J connectivity index is 1.92. The van der Waals surface area contributed by atoms with E-state index < -0.39 is 23.6 Å². The van der Waals surface area contributed by atoms with Crippen LogP contribution in [0.3, 0.4) is 0 Å². The van der Waals surface area contributed by atoms with Crippen LogP contribution in [0.2, 0.25) is 5.02 Å². The van der Waals surface area contributed by atoms with Crippen molar-refractivity contribution in [3.8, 4) is 11.5 Å². The molecule has 6 nitrogen and oxygen atoms in total. The van der Waals surface area contributed by atoms with Gasteiger partial charge in [0.25, 0.3) is 5.91 Å². The van der Waals surface area contributed by atoms with E-state index in [0.717, 1.165) is 28.8 Å². The maximum absolute atomic E-state index is 13.1. The lowest BCUT2D eigenvalue weighted by Crippen LogP contribution is -2.27. The molecule has 2 aromatic rings. The molecule has 0 saturated carbocycles. The number of esters is 1. The summed E-state index contributed by atoms with van der Waals surface area (Å²) in [6.07, 6.45) is -3.07. The van der Waals surface area contributed by atoms with Crippen molar-refractivity contribution in [3.05, 3.63) is 57.5 Å². The van der Waals surface area contributed by atoms with E-state index in [1.54, 1.807) is 13.0 Å². The number of nitrogens with zero attached hydrogens (tertiary/aromatic N) is 1. The Labute approximate surface area is 207 Å². The largest absolute Gasteiger partial charge is 0.490 e. The second-order valence-electron chi connectivity index (χ2n) is 6.69. The molecule has 3 rings (SSSR count). The third-order valence-electron chi connectivity index (χ3n) is 4.42. The van der Waals surface area contributed by atoms with Gasteiger partial charge in [0, 0.05) is 0 Å². The van der Waals surface area contributed by atoms with E-state index in [2.05, 4.69) is 4.74 Å². The van der Waals surface area contributed by atoms with Gasteiger partial charge in [0.15, 0.2) is 22.4 Å². The van der Waals surface area contributed by atoms with Gasteiger partial charge in [-0.05, 0) is 48.9 Å². The predicted octanol–water partition coefficient (Wildman–Crippen LogP) is 5.72. The number of thioether (sulfide) groups is 1. The van der Waals surface area contributed by atoms with Crippen molar-refractivity contribution in [1.29, 1.82) is 0 Å². The van der Waals surface area contributed by atoms with Gasteiger partial charge in [0.1, 0.15) is 0 Å². The van der Waals surface area contributed by atoms with Crippen molar-refractivity contribution in [1.82, 2.24) is 0 Å². The second-order valence-corrected chi connectivity index (χ2v) is 8.78. The normalized spacial score (nSPS) is 15.1. The molecule has 1 heterocycles. The van der Waals surface area contributed by atoms with Gasteiger partial charge >= 0.3 is 12.1 Å². The summed E-state index contributed by atoms with van der Waals surface area (Å²) in [6, 6.07) is 7.41. The highest BCUT2D eigenvalue weighted by molar-refractivity contribution is 8.27. The molecule has 1 fully saturated rings. The van der Waals surface area contributed by atoms with Crippen molar-refractivity contribution in [3.63, 3.8) is 0 Å². The average Bonchev–Trinajstić information content (AvgIpc) is 3.05. The Morgan fingerprint density at radius 2 is 1.97 bits per heavy atom. The van der Waals surface area contributed by atoms with Crippen LogP contribution in [0.25, 0.3) is 6.08 Å². The van der Waals surface area contributed by atoms with Crippen LogP contribution >= 0.6 is 35.6 Å². The number of alkyl halides is 3. The molecule has 1 aliphatic heterocycles. The van der Waals surface area contributed by atoms with Crippen molar-refractivity contribution in [2.75, 3.05) is 25.2 Å². The molecule has 1 saturated heterocycles. The quantitative estimate of drug-likeness (QED) is 0.257. The van der Waals surface area contributed by atoms with Crippen molar-refractivity contribution >= 4 is 63.5 Å². The lowest BCUT2D eigenvalue weighted by atomic mass is 10.1. The maximum Gasteiger partial charge on any atom is 0.416 e. The molecule has 34 heavy (non-hydrogen) atoms. The van der Waals surface area contributed by atoms with Crippen molar-refractivity contribution < 1.29 is 37.0 Å². The highest BCUT2D eigenvalue weighted by Crippen LogP contribution is 2.41. The summed E-state index contributed by atoms with van der Waals surface area (Å²) < 4.78 is 54.9. The zero-order chi connectivity index (χ0) is 25.0. The number of rotatable bonds is 7. The molecule has 0 atom stereocenters. The number of amides is 1. The number of hydrogen-bond donors (Lipinski definition) is 0. The summed E-state index contributed by atoms with van der Waals surface area (Å²) in [4.78, 5) is 25.6. The monoisotopic (exact) mass is 531 g/mol. The number of methoxy groups -OCH3 is 1. The van der Waals surface area contributed by atoms with Gasteiger partial charge in [-0.1, -0.05) is 41.6 Å². The van der Waals surface area contributed by atoms with Gasteiger partial charge in [-0.2, -0.15) is 13.2 Å². The summed E-state index contributed by atoms with van der Waals surface area (Å²) in [6.45, 7) is 1.63. The van der Waals surface area contributed by atoms with Crippen LogP contribution < -0.4 is 14.4 Å². The first-order chi connectivity index (χ1) is 16.0. The summed E-state index contributed by atoms with van der Waals surface area (Å²) in [5.74, 6) is -0.823. The molecule has 0 spiro atoms. The molecule has 2 aromatic carbocycles. The number of carbonyl (C=O) groups is 2. The zero-order valence-electron chi connectivity index (χ0n) is 17.8. The van der Waals surface area contributed by atoms with E-state index in [0.29, 0.717) is 5.56 Å². The van der Waals surface area contributed by atoms with E-state index in [4.69, 9.17) is 33.3 Å². The van der Waals surface area contributed by atoms with Crippen LogP contribution in [0.1, 0.15) is 18.1 Å². The highest BCUT2D eigenvalue weighted by atomic mass is 35.5. The number of thiocarbonyl (C=S) groups is 1. The molecule has 0 aliphatic carbocycles. The Kier molecular flexibility index (Phi) is 8.11. The Hall–Kier alpha value is -2.76. The molecular weight excluding hydrogens is 515 g/mol. The first kappa shape index (κ1) is 25.9. The molecule has 0 unspecified atom stereocenters. The number of halogens is 4. The van der Waals surface area contributed by atoms with Gasteiger partial charge in [0.05, 0.1) is 34.9 Å². The van der Waals surface area contributed by atoms with Gasteiger partial charge in [-0.3, -0.25) is 9.69 Å². The van der Waals surface area contributed by atoms with Crippen LogP contribution in [0.15, 0.2) is 41.3 Å². The van der Waals surface area contributed by atoms with Crippen LogP contribution in [0.4, 0.5) is 18.9 Å². The van der Waals surface area contributed by atoms with Crippen molar-refractivity contribution in [2.45, 2.75) is 13.1 Å². The van der Waals surface area contributed by atoms with Gasteiger partial charge < -0.3 is 14.2 Å². The first-order valence-corrected chi connectivity index (χ1v) is 11.3. The van der Waals surface area contributed by atoms with Gasteiger partial charge in [-0.15, -0.1) is 0 Å². The Morgan fingerprint density at radius 1 is 1.24 bits per heavy atom. The highest BCUT2D eigenvalue weighted by Gasteiger charge is 2.36.